The Hall–Kier alpha value is -2.93. The van der Waals surface area contributed by atoms with Gasteiger partial charge in [0, 0.05) is 44.6 Å². The van der Waals surface area contributed by atoms with Crippen LogP contribution in [0, 0.1) is 0 Å². The van der Waals surface area contributed by atoms with E-state index in [-0.39, 0.29) is 5.91 Å². The molecule has 0 unspecified atom stereocenters. The molecule has 3 aromatic rings. The second kappa shape index (κ2) is 7.13. The monoisotopic (exact) mass is 350 g/mol. The van der Waals surface area contributed by atoms with E-state index in [9.17, 15) is 4.79 Å². The maximum absolute atomic E-state index is 11.1. The molecule has 7 heteroatoms. The van der Waals surface area contributed by atoms with E-state index in [0.29, 0.717) is 6.54 Å². The summed E-state index contributed by atoms with van der Waals surface area (Å²) in [5.74, 6) is -0.0308. The summed E-state index contributed by atoms with van der Waals surface area (Å²) >= 11 is 0. The van der Waals surface area contributed by atoms with Crippen molar-refractivity contribution in [2.75, 3.05) is 6.54 Å². The fourth-order valence-electron chi connectivity index (χ4n) is 3.26. The largest absolute Gasteiger partial charge is 0.351 e. The van der Waals surface area contributed by atoms with Crippen LogP contribution in [-0.2, 0) is 31.0 Å². The molecule has 0 aliphatic carbocycles. The Morgan fingerprint density at radius 3 is 2.81 bits per heavy atom. The van der Waals surface area contributed by atoms with Gasteiger partial charge >= 0.3 is 0 Å². The third-order valence-corrected chi connectivity index (χ3v) is 4.59. The zero-order valence-electron chi connectivity index (χ0n) is 14.8. The van der Waals surface area contributed by atoms with Crippen molar-refractivity contribution in [3.8, 4) is 5.69 Å². The van der Waals surface area contributed by atoms with Crippen molar-refractivity contribution in [1.82, 2.24) is 29.5 Å². The van der Waals surface area contributed by atoms with Crippen molar-refractivity contribution in [3.05, 3.63) is 66.0 Å². The number of imidazole rings is 1. The van der Waals surface area contributed by atoms with E-state index in [2.05, 4.69) is 55.3 Å². The van der Waals surface area contributed by atoms with Crippen LogP contribution >= 0.6 is 0 Å². The molecule has 0 saturated carbocycles. The van der Waals surface area contributed by atoms with Crippen LogP contribution in [-0.4, -0.2) is 36.7 Å². The molecular formula is C19H22N6O. The first kappa shape index (κ1) is 16.5. The van der Waals surface area contributed by atoms with Gasteiger partial charge in [0.15, 0.2) is 0 Å². The summed E-state index contributed by atoms with van der Waals surface area (Å²) in [7, 11) is 0. The molecule has 1 aliphatic heterocycles. The molecule has 7 nitrogen and oxygen atoms in total. The van der Waals surface area contributed by atoms with Gasteiger partial charge in [0.05, 0.1) is 30.8 Å². The van der Waals surface area contributed by atoms with E-state index >= 15 is 0 Å². The lowest BCUT2D eigenvalue weighted by Gasteiger charge is -2.27. The smallest absolute Gasteiger partial charge is 0.217 e. The molecule has 1 amide bonds. The number of amides is 1. The van der Waals surface area contributed by atoms with Crippen LogP contribution in [0.3, 0.4) is 0 Å². The van der Waals surface area contributed by atoms with Crippen molar-refractivity contribution in [1.29, 1.82) is 0 Å². The number of rotatable bonds is 5. The topological polar surface area (TPSA) is 68.0 Å². The Morgan fingerprint density at radius 2 is 2.08 bits per heavy atom. The molecule has 0 fully saturated rings. The molecule has 0 saturated heterocycles. The van der Waals surface area contributed by atoms with Gasteiger partial charge in [-0.2, -0.15) is 5.10 Å². The minimum atomic E-state index is -0.0308. The summed E-state index contributed by atoms with van der Waals surface area (Å²) in [5, 5.41) is 7.37. The molecule has 1 aromatic carbocycles. The molecule has 0 bridgehead atoms. The zero-order chi connectivity index (χ0) is 17.9. The molecule has 1 N–H and O–H groups in total. The fourth-order valence-corrected chi connectivity index (χ4v) is 3.26. The molecule has 26 heavy (non-hydrogen) atoms. The molecule has 4 rings (SSSR count). The Balaban J connectivity index is 1.39. The van der Waals surface area contributed by atoms with E-state index in [1.165, 1.54) is 18.2 Å². The first-order valence-corrected chi connectivity index (χ1v) is 8.77. The summed E-state index contributed by atoms with van der Waals surface area (Å²) in [6, 6.07) is 10.7. The minimum absolute atomic E-state index is 0.0308. The Morgan fingerprint density at radius 1 is 1.23 bits per heavy atom. The molecule has 2 aromatic heterocycles. The highest BCUT2D eigenvalue weighted by molar-refractivity contribution is 5.72. The van der Waals surface area contributed by atoms with Crippen LogP contribution < -0.4 is 5.32 Å². The Kier molecular flexibility index (Phi) is 4.53. The Bertz CT molecular complexity index is 881. The number of fused-ring (bicyclic) bond motifs is 1. The molecule has 3 heterocycles. The lowest BCUT2D eigenvalue weighted by molar-refractivity contribution is -0.119. The average molecular weight is 350 g/mol. The van der Waals surface area contributed by atoms with E-state index in [0.717, 1.165) is 37.6 Å². The van der Waals surface area contributed by atoms with Crippen LogP contribution in [0.15, 0.2) is 49.1 Å². The normalized spacial score (nSPS) is 14.2. The van der Waals surface area contributed by atoms with Crippen molar-refractivity contribution in [2.24, 2.45) is 0 Å². The van der Waals surface area contributed by atoms with Crippen LogP contribution in [0.1, 0.15) is 23.9 Å². The van der Waals surface area contributed by atoms with Gasteiger partial charge in [0.1, 0.15) is 0 Å². The van der Waals surface area contributed by atoms with Crippen molar-refractivity contribution < 1.29 is 4.79 Å². The van der Waals surface area contributed by atoms with Crippen LogP contribution in [0.5, 0.6) is 0 Å². The van der Waals surface area contributed by atoms with Gasteiger partial charge in [-0.05, 0) is 23.8 Å². The maximum atomic E-state index is 11.1. The molecule has 1 aliphatic rings. The van der Waals surface area contributed by atoms with Gasteiger partial charge in [-0.15, -0.1) is 0 Å². The van der Waals surface area contributed by atoms with Crippen molar-refractivity contribution >= 4 is 5.91 Å². The molecule has 0 spiro atoms. The van der Waals surface area contributed by atoms with Gasteiger partial charge in [-0.25, -0.2) is 4.98 Å². The fraction of sp³-hybridized carbons (Fsp3) is 0.316. The van der Waals surface area contributed by atoms with Crippen molar-refractivity contribution in [3.63, 3.8) is 0 Å². The highest BCUT2D eigenvalue weighted by Crippen LogP contribution is 2.17. The lowest BCUT2D eigenvalue weighted by Crippen LogP contribution is -2.33. The summed E-state index contributed by atoms with van der Waals surface area (Å²) in [6.07, 6.45) is 5.53. The third kappa shape index (κ3) is 3.67. The van der Waals surface area contributed by atoms with E-state index in [1.54, 1.807) is 12.5 Å². The van der Waals surface area contributed by atoms with Crippen LogP contribution in [0.4, 0.5) is 0 Å². The maximum Gasteiger partial charge on any atom is 0.217 e. The van der Waals surface area contributed by atoms with Gasteiger partial charge in [0.25, 0.3) is 0 Å². The summed E-state index contributed by atoms with van der Waals surface area (Å²) in [4.78, 5) is 17.6. The van der Waals surface area contributed by atoms with Gasteiger partial charge < -0.3 is 9.88 Å². The second-order valence-electron chi connectivity index (χ2n) is 6.61. The Labute approximate surface area is 152 Å². The summed E-state index contributed by atoms with van der Waals surface area (Å²) < 4.78 is 4.05. The number of carbonyl (C=O) groups excluding carboxylic acids is 1. The number of hydrogen-bond donors (Lipinski definition) is 1. The summed E-state index contributed by atoms with van der Waals surface area (Å²) in [6.45, 7) is 5.65. The number of hydrogen-bond acceptors (Lipinski definition) is 4. The second-order valence-corrected chi connectivity index (χ2v) is 6.61. The number of benzene rings is 1. The lowest BCUT2D eigenvalue weighted by atomic mass is 10.1. The SMILES string of the molecule is CC(=O)NCc1cc2n(n1)CCN(Cc1ccc(-n3ccnc3)cc1)C2. The van der Waals surface area contributed by atoms with Gasteiger partial charge in [-0.1, -0.05) is 12.1 Å². The predicted octanol–water partition coefficient (Wildman–Crippen LogP) is 1.72. The van der Waals surface area contributed by atoms with E-state index < -0.39 is 0 Å². The molecule has 0 atom stereocenters. The van der Waals surface area contributed by atoms with Crippen molar-refractivity contribution in [2.45, 2.75) is 33.1 Å². The molecule has 0 radical (unpaired) electrons. The number of aromatic nitrogens is 4. The number of nitrogens with zero attached hydrogens (tertiary/aromatic N) is 5. The van der Waals surface area contributed by atoms with Gasteiger partial charge in [-0.3, -0.25) is 14.4 Å². The number of carbonyl (C=O) groups is 1. The minimum Gasteiger partial charge on any atom is -0.351 e. The first-order chi connectivity index (χ1) is 12.7. The van der Waals surface area contributed by atoms with Crippen LogP contribution in [0.25, 0.3) is 5.69 Å². The first-order valence-electron chi connectivity index (χ1n) is 8.77. The standard InChI is InChI=1S/C19H22N6O/c1-15(26)21-11-17-10-19-13-23(8-9-25(19)22-17)12-16-2-4-18(5-3-16)24-7-6-20-14-24/h2-7,10,14H,8-9,11-13H2,1H3,(H,21,26). The van der Waals surface area contributed by atoms with Gasteiger partial charge in [0.2, 0.25) is 5.91 Å². The highest BCUT2D eigenvalue weighted by atomic mass is 16.1. The average Bonchev–Trinajstić information content (AvgIpc) is 3.30. The predicted molar refractivity (Wildman–Crippen MR) is 97.4 cm³/mol. The quantitative estimate of drug-likeness (QED) is 0.761. The molecule has 134 valence electrons. The van der Waals surface area contributed by atoms with E-state index in [1.807, 2.05) is 10.8 Å². The zero-order valence-corrected chi connectivity index (χ0v) is 14.8. The third-order valence-electron chi connectivity index (χ3n) is 4.59. The molecular weight excluding hydrogens is 328 g/mol. The number of nitrogens with one attached hydrogen (secondary N) is 1. The highest BCUT2D eigenvalue weighted by Gasteiger charge is 2.18. The van der Waals surface area contributed by atoms with E-state index in [4.69, 9.17) is 0 Å². The summed E-state index contributed by atoms with van der Waals surface area (Å²) in [5.41, 5.74) is 4.53. The van der Waals surface area contributed by atoms with Crippen LogP contribution in [0.2, 0.25) is 0 Å².